The fraction of sp³-hybridized carbons (Fsp3) is 0.450. The second-order valence-electron chi connectivity index (χ2n) is 7.01. The molecule has 1 aliphatic heterocycles. The van der Waals surface area contributed by atoms with Crippen LogP contribution in [0.3, 0.4) is 0 Å². The number of nitrogens with one attached hydrogen (secondary N) is 1. The van der Waals surface area contributed by atoms with Crippen molar-refractivity contribution < 1.29 is 17.9 Å². The summed E-state index contributed by atoms with van der Waals surface area (Å²) in [5.74, 6) is 0.857. The van der Waals surface area contributed by atoms with Gasteiger partial charge in [0.25, 0.3) is 0 Å². The van der Waals surface area contributed by atoms with Gasteiger partial charge < -0.3 is 14.4 Å². The summed E-state index contributed by atoms with van der Waals surface area (Å²) in [4.78, 5) is 8.92. The zero-order valence-corrected chi connectivity index (χ0v) is 17.9. The fourth-order valence-corrected chi connectivity index (χ4v) is 4.47. The second kappa shape index (κ2) is 9.53. The van der Waals surface area contributed by atoms with Crippen LogP contribution in [0.2, 0.25) is 0 Å². The summed E-state index contributed by atoms with van der Waals surface area (Å²) < 4.78 is 39.0. The topological polar surface area (TPSA) is 84.0 Å². The molecule has 0 radical (unpaired) electrons. The van der Waals surface area contributed by atoms with E-state index in [2.05, 4.69) is 26.6 Å². The zero-order chi connectivity index (χ0) is 20.9. The minimum Gasteiger partial charge on any atom is -0.493 e. The maximum atomic E-state index is 12.9. The van der Waals surface area contributed by atoms with Crippen molar-refractivity contribution in [3.8, 4) is 11.5 Å². The molecule has 1 aromatic heterocycles. The van der Waals surface area contributed by atoms with E-state index in [1.807, 2.05) is 12.1 Å². The monoisotopic (exact) mass is 420 g/mol. The number of hydrogen-bond acceptors (Lipinski definition) is 7. The highest BCUT2D eigenvalue weighted by Crippen LogP contribution is 2.29. The maximum absolute atomic E-state index is 12.9. The molecular weight excluding hydrogens is 392 g/mol. The molecule has 0 aliphatic carbocycles. The number of sulfonamides is 1. The molecule has 0 spiro atoms. The van der Waals surface area contributed by atoms with Gasteiger partial charge in [0, 0.05) is 57.2 Å². The summed E-state index contributed by atoms with van der Waals surface area (Å²) in [6.07, 6.45) is 3.52. The molecule has 0 amide bonds. The first-order valence-electron chi connectivity index (χ1n) is 9.49. The second-order valence-corrected chi connectivity index (χ2v) is 8.78. The quantitative estimate of drug-likeness (QED) is 0.690. The molecule has 2 aromatic rings. The normalized spacial score (nSPS) is 17.1. The van der Waals surface area contributed by atoms with Crippen molar-refractivity contribution >= 4 is 10.0 Å². The average molecular weight is 421 g/mol. The minimum absolute atomic E-state index is 0.0904. The number of ether oxygens (including phenoxy) is 2. The summed E-state index contributed by atoms with van der Waals surface area (Å²) in [5.41, 5.74) is 0.993. The van der Waals surface area contributed by atoms with Crippen molar-refractivity contribution in [1.82, 2.24) is 19.5 Å². The smallest absolute Gasteiger partial charge is 0.240 e. The van der Waals surface area contributed by atoms with Crippen LogP contribution in [0.4, 0.5) is 0 Å². The van der Waals surface area contributed by atoms with E-state index in [1.165, 1.54) is 26.4 Å². The molecule has 29 heavy (non-hydrogen) atoms. The Morgan fingerprint density at radius 2 is 1.83 bits per heavy atom. The van der Waals surface area contributed by atoms with E-state index in [9.17, 15) is 8.42 Å². The van der Waals surface area contributed by atoms with Gasteiger partial charge in [-0.05, 0) is 30.8 Å². The molecule has 8 nitrogen and oxygen atoms in total. The Hall–Kier alpha value is -2.20. The molecule has 0 saturated carbocycles. The molecule has 9 heteroatoms. The van der Waals surface area contributed by atoms with Crippen LogP contribution >= 0.6 is 0 Å². The van der Waals surface area contributed by atoms with Gasteiger partial charge in [0.15, 0.2) is 11.5 Å². The maximum Gasteiger partial charge on any atom is 0.240 e. The van der Waals surface area contributed by atoms with E-state index in [0.29, 0.717) is 11.5 Å². The van der Waals surface area contributed by atoms with E-state index >= 15 is 0 Å². The van der Waals surface area contributed by atoms with Gasteiger partial charge in [-0.1, -0.05) is 6.07 Å². The number of nitrogens with zero attached hydrogens (tertiary/aromatic N) is 3. The molecule has 158 valence electrons. The van der Waals surface area contributed by atoms with Crippen molar-refractivity contribution in [2.75, 3.05) is 54.0 Å². The number of hydrogen-bond donors (Lipinski definition) is 1. The van der Waals surface area contributed by atoms with Crippen molar-refractivity contribution in [1.29, 1.82) is 0 Å². The first-order chi connectivity index (χ1) is 13.9. The lowest BCUT2D eigenvalue weighted by molar-refractivity contribution is 0.112. The predicted octanol–water partition coefficient (Wildman–Crippen LogP) is 1.37. The summed E-state index contributed by atoms with van der Waals surface area (Å²) in [7, 11) is 1.37. The number of aromatic nitrogens is 1. The summed E-state index contributed by atoms with van der Waals surface area (Å²) >= 11 is 0. The first-order valence-corrected chi connectivity index (χ1v) is 11.0. The van der Waals surface area contributed by atoms with E-state index in [0.717, 1.165) is 31.7 Å². The average Bonchev–Trinajstić information content (AvgIpc) is 2.75. The Labute approximate surface area is 172 Å². The van der Waals surface area contributed by atoms with Gasteiger partial charge in [-0.25, -0.2) is 13.1 Å². The Bertz CT molecular complexity index is 900. The first kappa shape index (κ1) is 21.5. The number of piperazine rings is 1. The van der Waals surface area contributed by atoms with Crippen LogP contribution in [0.5, 0.6) is 11.5 Å². The van der Waals surface area contributed by atoms with Gasteiger partial charge in [-0.3, -0.25) is 9.88 Å². The van der Waals surface area contributed by atoms with E-state index in [4.69, 9.17) is 9.47 Å². The fourth-order valence-electron chi connectivity index (χ4n) is 3.42. The third kappa shape index (κ3) is 5.24. The highest BCUT2D eigenvalue weighted by atomic mass is 32.2. The van der Waals surface area contributed by atoms with Crippen LogP contribution in [0.15, 0.2) is 47.6 Å². The third-order valence-electron chi connectivity index (χ3n) is 5.18. The predicted molar refractivity (Wildman–Crippen MR) is 111 cm³/mol. The van der Waals surface area contributed by atoms with E-state index in [1.54, 1.807) is 18.5 Å². The van der Waals surface area contributed by atoms with Gasteiger partial charge in [-0.2, -0.15) is 0 Å². The molecule has 1 aromatic carbocycles. The van der Waals surface area contributed by atoms with Crippen LogP contribution in [0.25, 0.3) is 0 Å². The van der Waals surface area contributed by atoms with Crippen LogP contribution in [0.1, 0.15) is 11.6 Å². The molecule has 1 saturated heterocycles. The molecule has 1 atom stereocenters. The summed E-state index contributed by atoms with van der Waals surface area (Å²) in [6, 6.07) is 8.34. The highest BCUT2D eigenvalue weighted by molar-refractivity contribution is 7.89. The Morgan fingerprint density at radius 3 is 2.45 bits per heavy atom. The van der Waals surface area contributed by atoms with Crippen LogP contribution in [-0.2, 0) is 10.0 Å². The molecular formula is C20H28N4O4S. The molecule has 1 unspecified atom stereocenters. The number of methoxy groups -OCH3 is 2. The standard InChI is InChI=1S/C20H28N4O4S/c1-23-9-11-24(12-10-23)18(16-5-4-8-21-14-16)15-22-29(25,26)17-6-7-19(27-2)20(13-17)28-3/h4-8,13-14,18,22H,9-12,15H2,1-3H3. The van der Waals surface area contributed by atoms with Crippen molar-refractivity contribution in [2.24, 2.45) is 0 Å². The Balaban J connectivity index is 1.79. The van der Waals surface area contributed by atoms with E-state index < -0.39 is 10.0 Å². The Kier molecular flexibility index (Phi) is 7.07. The zero-order valence-electron chi connectivity index (χ0n) is 17.0. The third-order valence-corrected chi connectivity index (χ3v) is 6.60. The highest BCUT2D eigenvalue weighted by Gasteiger charge is 2.26. The molecule has 1 fully saturated rings. The van der Waals surface area contributed by atoms with Crippen LogP contribution < -0.4 is 14.2 Å². The Morgan fingerprint density at radius 1 is 1.10 bits per heavy atom. The largest absolute Gasteiger partial charge is 0.493 e. The number of benzene rings is 1. The number of pyridine rings is 1. The lowest BCUT2D eigenvalue weighted by Crippen LogP contribution is -2.48. The summed E-state index contributed by atoms with van der Waals surface area (Å²) in [5, 5.41) is 0. The van der Waals surface area contributed by atoms with Crippen LogP contribution in [-0.4, -0.2) is 77.2 Å². The van der Waals surface area contributed by atoms with Gasteiger partial charge >= 0.3 is 0 Å². The van der Waals surface area contributed by atoms with Crippen molar-refractivity contribution in [3.05, 3.63) is 48.3 Å². The SMILES string of the molecule is COc1ccc(S(=O)(=O)NCC(c2cccnc2)N2CCN(C)CC2)cc1OC. The summed E-state index contributed by atoms with van der Waals surface area (Å²) in [6.45, 7) is 3.88. The molecule has 0 bridgehead atoms. The molecule has 1 aliphatic rings. The van der Waals surface area contributed by atoms with Crippen molar-refractivity contribution in [2.45, 2.75) is 10.9 Å². The van der Waals surface area contributed by atoms with Gasteiger partial charge in [-0.15, -0.1) is 0 Å². The van der Waals surface area contributed by atoms with E-state index in [-0.39, 0.29) is 17.5 Å². The lowest BCUT2D eigenvalue weighted by Gasteiger charge is -2.38. The van der Waals surface area contributed by atoms with Gasteiger partial charge in [0.2, 0.25) is 10.0 Å². The van der Waals surface area contributed by atoms with Gasteiger partial charge in [0.1, 0.15) is 0 Å². The van der Waals surface area contributed by atoms with Gasteiger partial charge in [0.05, 0.1) is 19.1 Å². The number of likely N-dealkylation sites (N-methyl/N-ethyl adjacent to an activating group) is 1. The molecule has 3 rings (SSSR count). The molecule has 1 N–H and O–H groups in total. The molecule has 2 heterocycles. The number of rotatable bonds is 8. The minimum atomic E-state index is -3.71. The van der Waals surface area contributed by atoms with Crippen LogP contribution in [0, 0.1) is 0 Å². The van der Waals surface area contributed by atoms with Crippen molar-refractivity contribution in [3.63, 3.8) is 0 Å². The lowest BCUT2D eigenvalue weighted by atomic mass is 10.1.